The summed E-state index contributed by atoms with van der Waals surface area (Å²) in [5, 5.41) is 12.3. The summed E-state index contributed by atoms with van der Waals surface area (Å²) in [7, 11) is 0. The molecule has 0 saturated carbocycles. The van der Waals surface area contributed by atoms with Crippen LogP contribution in [0.3, 0.4) is 0 Å². The van der Waals surface area contributed by atoms with Gasteiger partial charge in [0.25, 0.3) is 0 Å². The highest BCUT2D eigenvalue weighted by molar-refractivity contribution is 5.81. The molecular weight excluding hydrogens is 430 g/mol. The zero-order valence-electron chi connectivity index (χ0n) is 19.6. The van der Waals surface area contributed by atoms with Crippen molar-refractivity contribution >= 4 is 12.1 Å². The third-order valence-electron chi connectivity index (χ3n) is 6.32. The molecule has 3 aromatic carbocycles. The fourth-order valence-electron chi connectivity index (χ4n) is 4.71. The van der Waals surface area contributed by atoms with Crippen molar-refractivity contribution in [3.63, 3.8) is 0 Å². The van der Waals surface area contributed by atoms with Gasteiger partial charge in [-0.2, -0.15) is 0 Å². The third-order valence-corrected chi connectivity index (χ3v) is 6.32. The van der Waals surface area contributed by atoms with Gasteiger partial charge in [0.1, 0.15) is 18.4 Å². The number of benzene rings is 3. The third kappa shape index (κ3) is 4.76. The number of carboxylic acid groups (broad SMARTS) is 1. The van der Waals surface area contributed by atoms with Crippen LogP contribution in [-0.2, 0) is 16.0 Å². The van der Waals surface area contributed by atoms with E-state index in [1.54, 1.807) is 0 Å². The van der Waals surface area contributed by atoms with E-state index < -0.39 is 18.1 Å². The monoisotopic (exact) mass is 459 g/mol. The Morgan fingerprint density at radius 2 is 1.53 bits per heavy atom. The first-order valence-electron chi connectivity index (χ1n) is 11.5. The molecule has 6 nitrogen and oxygen atoms in total. The van der Waals surface area contributed by atoms with Gasteiger partial charge in [0, 0.05) is 12.3 Å². The van der Waals surface area contributed by atoms with Crippen molar-refractivity contribution in [2.75, 3.05) is 13.2 Å². The van der Waals surface area contributed by atoms with Gasteiger partial charge in [-0.05, 0) is 71.8 Å². The zero-order valence-corrected chi connectivity index (χ0v) is 19.6. The molecule has 0 saturated heterocycles. The molecule has 1 aliphatic carbocycles. The fraction of sp³-hybridized carbons (Fsp3) is 0.286. The second-order valence-corrected chi connectivity index (χ2v) is 8.53. The van der Waals surface area contributed by atoms with Gasteiger partial charge in [-0.25, -0.2) is 9.59 Å². The van der Waals surface area contributed by atoms with Crippen molar-refractivity contribution in [1.82, 2.24) is 5.32 Å². The van der Waals surface area contributed by atoms with Crippen LogP contribution in [0.1, 0.15) is 40.7 Å². The van der Waals surface area contributed by atoms with Crippen molar-refractivity contribution in [3.8, 4) is 16.9 Å². The average molecular weight is 460 g/mol. The van der Waals surface area contributed by atoms with Crippen LogP contribution in [0.2, 0.25) is 0 Å². The largest absolute Gasteiger partial charge is 0.494 e. The molecule has 0 aliphatic heterocycles. The summed E-state index contributed by atoms with van der Waals surface area (Å²) in [5.74, 6) is -0.448. The number of aryl methyl sites for hydroxylation is 2. The summed E-state index contributed by atoms with van der Waals surface area (Å²) in [6.45, 7) is 6.43. The number of carbonyl (C=O) groups is 2. The van der Waals surface area contributed by atoms with Gasteiger partial charge in [0.05, 0.1) is 6.61 Å². The van der Waals surface area contributed by atoms with Crippen molar-refractivity contribution in [2.45, 2.75) is 39.2 Å². The smallest absolute Gasteiger partial charge is 0.407 e. The predicted molar refractivity (Wildman–Crippen MR) is 130 cm³/mol. The SMILES string of the molecule is CCOc1cc(C)c(CC(NC(=O)OCC2c3ccccc3-c3ccccc32)C(=O)O)c(C)c1. The molecule has 1 amide bonds. The molecule has 0 radical (unpaired) electrons. The minimum Gasteiger partial charge on any atom is -0.494 e. The summed E-state index contributed by atoms with van der Waals surface area (Å²) in [6, 6.07) is 18.8. The molecule has 0 fully saturated rings. The molecular formula is C28H29NO5. The van der Waals surface area contributed by atoms with Crippen molar-refractivity contribution in [2.24, 2.45) is 0 Å². The Labute approximate surface area is 199 Å². The first-order valence-corrected chi connectivity index (χ1v) is 11.5. The van der Waals surface area contributed by atoms with E-state index in [0.717, 1.165) is 44.7 Å². The van der Waals surface area contributed by atoms with Crippen molar-refractivity contribution in [1.29, 1.82) is 0 Å². The minimum absolute atomic E-state index is 0.0861. The van der Waals surface area contributed by atoms with Gasteiger partial charge < -0.3 is 19.9 Å². The lowest BCUT2D eigenvalue weighted by Crippen LogP contribution is -2.43. The Balaban J connectivity index is 1.44. The molecule has 4 rings (SSSR count). The Morgan fingerprint density at radius 3 is 2.06 bits per heavy atom. The number of rotatable bonds is 8. The van der Waals surface area contributed by atoms with Crippen LogP contribution in [0, 0.1) is 13.8 Å². The molecule has 176 valence electrons. The lowest BCUT2D eigenvalue weighted by atomic mass is 9.96. The molecule has 3 aromatic rings. The first-order chi connectivity index (χ1) is 16.4. The minimum atomic E-state index is -1.11. The lowest BCUT2D eigenvalue weighted by Gasteiger charge is -2.19. The number of carbonyl (C=O) groups excluding carboxylic acids is 1. The number of alkyl carbamates (subject to hydrolysis) is 1. The summed E-state index contributed by atoms with van der Waals surface area (Å²) >= 11 is 0. The highest BCUT2D eigenvalue weighted by Gasteiger charge is 2.30. The topological polar surface area (TPSA) is 84.9 Å². The molecule has 0 aromatic heterocycles. The summed E-state index contributed by atoms with van der Waals surface area (Å²) in [6.07, 6.45) is -0.584. The molecule has 34 heavy (non-hydrogen) atoms. The normalized spacial score (nSPS) is 13.0. The van der Waals surface area contributed by atoms with Crippen LogP contribution in [0.15, 0.2) is 60.7 Å². The Hall–Kier alpha value is -3.80. The second-order valence-electron chi connectivity index (χ2n) is 8.53. The van der Waals surface area contributed by atoms with Crippen LogP contribution in [0.5, 0.6) is 5.75 Å². The van der Waals surface area contributed by atoms with E-state index in [0.29, 0.717) is 6.61 Å². The van der Waals surface area contributed by atoms with Gasteiger partial charge in [-0.3, -0.25) is 0 Å². The van der Waals surface area contributed by atoms with E-state index in [1.165, 1.54) is 0 Å². The number of fused-ring (bicyclic) bond motifs is 3. The number of carboxylic acids is 1. The van der Waals surface area contributed by atoms with Crippen LogP contribution < -0.4 is 10.1 Å². The van der Waals surface area contributed by atoms with Crippen molar-refractivity contribution in [3.05, 3.63) is 88.5 Å². The molecule has 0 bridgehead atoms. The molecule has 6 heteroatoms. The quantitative estimate of drug-likeness (QED) is 0.481. The Bertz CT molecular complexity index is 1150. The highest BCUT2D eigenvalue weighted by Crippen LogP contribution is 2.44. The maximum Gasteiger partial charge on any atom is 0.407 e. The molecule has 1 unspecified atom stereocenters. The van der Waals surface area contributed by atoms with Crippen LogP contribution in [-0.4, -0.2) is 36.4 Å². The maximum atomic E-state index is 12.6. The zero-order chi connectivity index (χ0) is 24.2. The van der Waals surface area contributed by atoms with E-state index in [4.69, 9.17) is 9.47 Å². The second kappa shape index (κ2) is 10.00. The average Bonchev–Trinajstić information content (AvgIpc) is 3.13. The molecule has 1 aliphatic rings. The molecule has 0 heterocycles. The van der Waals surface area contributed by atoms with Gasteiger partial charge in [0.15, 0.2) is 0 Å². The first kappa shape index (κ1) is 23.4. The fourth-order valence-corrected chi connectivity index (χ4v) is 4.71. The number of ether oxygens (including phenoxy) is 2. The molecule has 2 N–H and O–H groups in total. The number of aliphatic carboxylic acids is 1. The number of hydrogen-bond acceptors (Lipinski definition) is 4. The number of hydrogen-bond donors (Lipinski definition) is 2. The molecule has 0 spiro atoms. The standard InChI is InChI=1S/C28H29NO5/c1-4-33-19-13-17(2)24(18(3)14-19)15-26(27(30)31)29-28(32)34-16-25-22-11-7-5-9-20(22)21-10-6-8-12-23(21)25/h5-14,25-26H,4,15-16H2,1-3H3,(H,29,32)(H,30,31). The summed E-state index contributed by atoms with van der Waals surface area (Å²) in [4.78, 5) is 24.5. The van der Waals surface area contributed by atoms with E-state index in [-0.39, 0.29) is 18.9 Å². The summed E-state index contributed by atoms with van der Waals surface area (Å²) in [5.41, 5.74) is 7.19. The Kier molecular flexibility index (Phi) is 6.87. The van der Waals surface area contributed by atoms with Crippen LogP contribution in [0.25, 0.3) is 11.1 Å². The Morgan fingerprint density at radius 1 is 0.971 bits per heavy atom. The van der Waals surface area contributed by atoms with Crippen LogP contribution >= 0.6 is 0 Å². The number of nitrogens with one attached hydrogen (secondary N) is 1. The van der Waals surface area contributed by atoms with E-state index in [1.807, 2.05) is 69.3 Å². The van der Waals surface area contributed by atoms with Crippen molar-refractivity contribution < 1.29 is 24.2 Å². The van der Waals surface area contributed by atoms with Crippen LogP contribution in [0.4, 0.5) is 4.79 Å². The van der Waals surface area contributed by atoms with Gasteiger partial charge in [-0.1, -0.05) is 48.5 Å². The highest BCUT2D eigenvalue weighted by atomic mass is 16.5. The van der Waals surface area contributed by atoms with Gasteiger partial charge in [0.2, 0.25) is 0 Å². The number of amides is 1. The van der Waals surface area contributed by atoms with E-state index in [9.17, 15) is 14.7 Å². The maximum absolute atomic E-state index is 12.6. The van der Waals surface area contributed by atoms with Gasteiger partial charge >= 0.3 is 12.1 Å². The predicted octanol–water partition coefficient (Wildman–Crippen LogP) is 5.24. The van der Waals surface area contributed by atoms with E-state index >= 15 is 0 Å². The van der Waals surface area contributed by atoms with E-state index in [2.05, 4.69) is 17.4 Å². The lowest BCUT2D eigenvalue weighted by molar-refractivity contribution is -0.139. The molecule has 1 atom stereocenters. The van der Waals surface area contributed by atoms with Gasteiger partial charge in [-0.15, -0.1) is 0 Å². The summed E-state index contributed by atoms with van der Waals surface area (Å²) < 4.78 is 11.1.